The largest absolute Gasteiger partial charge is 0.314 e. The molecule has 2 rings (SSSR count). The van der Waals surface area contributed by atoms with Gasteiger partial charge in [-0.2, -0.15) is 0 Å². The number of nitrogens with one attached hydrogen (secondary N) is 2. The van der Waals surface area contributed by atoms with Crippen LogP contribution >= 0.6 is 0 Å². The van der Waals surface area contributed by atoms with Crippen molar-refractivity contribution in [3.63, 3.8) is 0 Å². The van der Waals surface area contributed by atoms with E-state index in [4.69, 9.17) is 0 Å². The summed E-state index contributed by atoms with van der Waals surface area (Å²) in [6.07, 6.45) is 3.95. The molecule has 1 aromatic carbocycles. The first-order chi connectivity index (χ1) is 8.66. The quantitative estimate of drug-likeness (QED) is 0.781. The highest BCUT2D eigenvalue weighted by Gasteiger charge is 2.12. The van der Waals surface area contributed by atoms with Crippen LogP contribution in [0, 0.1) is 20.8 Å². The van der Waals surface area contributed by atoms with E-state index in [9.17, 15) is 0 Å². The van der Waals surface area contributed by atoms with Crippen LogP contribution in [0.25, 0.3) is 0 Å². The number of benzene rings is 1. The summed E-state index contributed by atoms with van der Waals surface area (Å²) in [5.41, 5.74) is 5.67. The van der Waals surface area contributed by atoms with Gasteiger partial charge in [-0.25, -0.2) is 0 Å². The third-order valence-corrected chi connectivity index (χ3v) is 3.97. The molecule has 0 aromatic heterocycles. The normalized spacial score (nSPS) is 19.4. The number of aryl methyl sites for hydroxylation is 3. The Kier molecular flexibility index (Phi) is 4.79. The predicted octanol–water partition coefficient (Wildman–Crippen LogP) is 2.84. The Hall–Kier alpha value is -0.860. The van der Waals surface area contributed by atoms with Crippen molar-refractivity contribution >= 4 is 0 Å². The number of hydrogen-bond donors (Lipinski definition) is 2. The fourth-order valence-electron chi connectivity index (χ4n) is 2.98. The van der Waals surface area contributed by atoms with Crippen molar-refractivity contribution in [2.75, 3.05) is 13.1 Å². The first-order valence-electron chi connectivity index (χ1n) is 7.17. The van der Waals surface area contributed by atoms with Crippen LogP contribution in [0.2, 0.25) is 0 Å². The van der Waals surface area contributed by atoms with Gasteiger partial charge >= 0.3 is 0 Å². The second kappa shape index (κ2) is 6.35. The Morgan fingerprint density at radius 3 is 2.56 bits per heavy atom. The van der Waals surface area contributed by atoms with Crippen molar-refractivity contribution < 1.29 is 0 Å². The minimum atomic E-state index is 0.748. The molecule has 1 aliphatic rings. The summed E-state index contributed by atoms with van der Waals surface area (Å²) in [5.74, 6) is 0. The van der Waals surface area contributed by atoms with E-state index in [-0.39, 0.29) is 0 Å². The molecule has 0 saturated carbocycles. The molecule has 1 atom stereocenters. The molecule has 1 unspecified atom stereocenters. The van der Waals surface area contributed by atoms with E-state index in [0.29, 0.717) is 0 Å². The van der Waals surface area contributed by atoms with Gasteiger partial charge in [-0.1, -0.05) is 17.7 Å². The van der Waals surface area contributed by atoms with E-state index in [1.54, 1.807) is 0 Å². The Morgan fingerprint density at radius 1 is 1.22 bits per heavy atom. The maximum absolute atomic E-state index is 3.59. The molecular weight excluding hydrogens is 220 g/mol. The van der Waals surface area contributed by atoms with Crippen molar-refractivity contribution in [3.8, 4) is 0 Å². The van der Waals surface area contributed by atoms with Gasteiger partial charge in [-0.3, -0.25) is 0 Å². The van der Waals surface area contributed by atoms with E-state index in [2.05, 4.69) is 43.5 Å². The van der Waals surface area contributed by atoms with Crippen LogP contribution in [-0.4, -0.2) is 19.1 Å². The summed E-state index contributed by atoms with van der Waals surface area (Å²) in [4.78, 5) is 0. The van der Waals surface area contributed by atoms with E-state index >= 15 is 0 Å². The molecule has 1 heterocycles. The molecule has 1 aromatic rings. The fourth-order valence-corrected chi connectivity index (χ4v) is 2.98. The van der Waals surface area contributed by atoms with Gasteiger partial charge in [0.2, 0.25) is 0 Å². The van der Waals surface area contributed by atoms with Crippen molar-refractivity contribution in [1.82, 2.24) is 10.6 Å². The summed E-state index contributed by atoms with van der Waals surface area (Å²) < 4.78 is 0. The number of hydrogen-bond acceptors (Lipinski definition) is 2. The molecule has 2 nitrogen and oxygen atoms in total. The van der Waals surface area contributed by atoms with Crippen molar-refractivity contribution in [2.45, 2.75) is 52.6 Å². The maximum Gasteiger partial charge on any atom is 0.0210 e. The molecule has 1 saturated heterocycles. The molecule has 2 N–H and O–H groups in total. The Bertz CT molecular complexity index is 369. The molecule has 2 heteroatoms. The van der Waals surface area contributed by atoms with Crippen molar-refractivity contribution in [2.24, 2.45) is 0 Å². The van der Waals surface area contributed by atoms with E-state index in [1.165, 1.54) is 48.1 Å². The zero-order valence-corrected chi connectivity index (χ0v) is 12.0. The summed E-state index contributed by atoms with van der Waals surface area (Å²) >= 11 is 0. The van der Waals surface area contributed by atoms with E-state index in [1.807, 2.05) is 0 Å². The van der Waals surface area contributed by atoms with Gasteiger partial charge in [-0.05, 0) is 69.8 Å². The summed E-state index contributed by atoms with van der Waals surface area (Å²) in [6, 6.07) is 5.31. The van der Waals surface area contributed by atoms with Crippen LogP contribution in [0.1, 0.15) is 41.5 Å². The molecule has 0 radical (unpaired) electrons. The standard InChI is InChI=1S/C16H26N2/c1-12-9-13(2)16(14(3)10-12)11-17-8-6-15-5-4-7-18-15/h9-10,15,17-18H,4-8,11H2,1-3H3. The lowest BCUT2D eigenvalue weighted by atomic mass is 10.00. The molecule has 100 valence electrons. The Balaban J connectivity index is 1.79. The smallest absolute Gasteiger partial charge is 0.0210 e. The molecule has 0 bridgehead atoms. The zero-order valence-electron chi connectivity index (χ0n) is 12.0. The maximum atomic E-state index is 3.59. The second-order valence-corrected chi connectivity index (χ2v) is 5.64. The van der Waals surface area contributed by atoms with Gasteiger partial charge in [0, 0.05) is 12.6 Å². The Morgan fingerprint density at radius 2 is 1.94 bits per heavy atom. The third-order valence-electron chi connectivity index (χ3n) is 3.97. The first-order valence-corrected chi connectivity index (χ1v) is 7.17. The van der Waals surface area contributed by atoms with Crippen LogP contribution in [0.4, 0.5) is 0 Å². The minimum Gasteiger partial charge on any atom is -0.314 e. The van der Waals surface area contributed by atoms with Gasteiger partial charge in [0.25, 0.3) is 0 Å². The lowest BCUT2D eigenvalue weighted by Gasteiger charge is -2.14. The van der Waals surface area contributed by atoms with Crippen LogP contribution in [-0.2, 0) is 6.54 Å². The molecule has 1 fully saturated rings. The summed E-state index contributed by atoms with van der Waals surface area (Å²) in [5, 5.41) is 7.14. The first kappa shape index (κ1) is 13.6. The average Bonchev–Trinajstić information content (AvgIpc) is 2.79. The van der Waals surface area contributed by atoms with Crippen LogP contribution in [0.15, 0.2) is 12.1 Å². The van der Waals surface area contributed by atoms with Crippen molar-refractivity contribution in [3.05, 3.63) is 34.4 Å². The van der Waals surface area contributed by atoms with Crippen molar-refractivity contribution in [1.29, 1.82) is 0 Å². The SMILES string of the molecule is Cc1cc(C)c(CNCCC2CCCN2)c(C)c1. The highest BCUT2D eigenvalue weighted by atomic mass is 14.9. The molecule has 0 amide bonds. The molecule has 0 aliphatic carbocycles. The fraction of sp³-hybridized carbons (Fsp3) is 0.625. The topological polar surface area (TPSA) is 24.1 Å². The monoisotopic (exact) mass is 246 g/mol. The molecular formula is C16H26N2. The lowest BCUT2D eigenvalue weighted by Crippen LogP contribution is -2.27. The molecule has 0 spiro atoms. The minimum absolute atomic E-state index is 0.748. The number of rotatable bonds is 5. The molecule has 1 aliphatic heterocycles. The third kappa shape index (κ3) is 3.56. The van der Waals surface area contributed by atoms with Crippen LogP contribution in [0.3, 0.4) is 0 Å². The van der Waals surface area contributed by atoms with E-state index in [0.717, 1.165) is 19.1 Å². The Labute approximate surface area is 111 Å². The van der Waals surface area contributed by atoms with E-state index < -0.39 is 0 Å². The highest BCUT2D eigenvalue weighted by Crippen LogP contribution is 2.16. The van der Waals surface area contributed by atoms with Gasteiger partial charge in [0.1, 0.15) is 0 Å². The molecule has 18 heavy (non-hydrogen) atoms. The van der Waals surface area contributed by atoms with Crippen LogP contribution in [0.5, 0.6) is 0 Å². The van der Waals surface area contributed by atoms with Crippen LogP contribution < -0.4 is 10.6 Å². The van der Waals surface area contributed by atoms with Gasteiger partial charge in [0.15, 0.2) is 0 Å². The van der Waals surface area contributed by atoms with Gasteiger partial charge in [-0.15, -0.1) is 0 Å². The summed E-state index contributed by atoms with van der Waals surface area (Å²) in [6.45, 7) is 9.93. The van der Waals surface area contributed by atoms with Gasteiger partial charge in [0.05, 0.1) is 0 Å². The lowest BCUT2D eigenvalue weighted by molar-refractivity contribution is 0.523. The zero-order chi connectivity index (χ0) is 13.0. The average molecular weight is 246 g/mol. The predicted molar refractivity (Wildman–Crippen MR) is 78.0 cm³/mol. The summed E-state index contributed by atoms with van der Waals surface area (Å²) in [7, 11) is 0. The highest BCUT2D eigenvalue weighted by molar-refractivity contribution is 5.37. The second-order valence-electron chi connectivity index (χ2n) is 5.64. The van der Waals surface area contributed by atoms with Gasteiger partial charge < -0.3 is 10.6 Å².